The van der Waals surface area contributed by atoms with Crippen molar-refractivity contribution in [2.24, 2.45) is 0 Å². The van der Waals surface area contributed by atoms with Gasteiger partial charge in [0.15, 0.2) is 0 Å². The lowest BCUT2D eigenvalue weighted by Crippen LogP contribution is -2.40. The van der Waals surface area contributed by atoms with Crippen LogP contribution in [0.25, 0.3) is 0 Å². The van der Waals surface area contributed by atoms with E-state index in [0.29, 0.717) is 6.10 Å². The van der Waals surface area contributed by atoms with Gasteiger partial charge in [0.25, 0.3) is 0 Å². The van der Waals surface area contributed by atoms with Gasteiger partial charge in [0, 0.05) is 13.1 Å². The molecule has 60 valence electrons. The number of hydrogen-bond donors (Lipinski definition) is 0. The standard InChI is InChI=1S/C7H17NOSi/c1-2-3-7-6-8(10)4-5-9-7/h7H,2-6H2,1,10H3. The predicted octanol–water partition coefficient (Wildman–Crippen LogP) is -0.232. The molecule has 1 aliphatic heterocycles. The highest BCUT2D eigenvalue weighted by atomic mass is 28.2. The molecular formula is C7H17NOSi. The summed E-state index contributed by atoms with van der Waals surface area (Å²) in [6.07, 6.45) is 3.02. The van der Waals surface area contributed by atoms with E-state index in [9.17, 15) is 0 Å². The molecule has 0 spiro atoms. The zero-order chi connectivity index (χ0) is 7.40. The third-order valence-corrected chi connectivity index (χ3v) is 2.76. The van der Waals surface area contributed by atoms with E-state index >= 15 is 0 Å². The van der Waals surface area contributed by atoms with Crippen LogP contribution < -0.4 is 0 Å². The highest BCUT2D eigenvalue weighted by Crippen LogP contribution is 2.07. The van der Waals surface area contributed by atoms with Gasteiger partial charge in [0.2, 0.25) is 0 Å². The molecule has 0 aromatic heterocycles. The molecular weight excluding hydrogens is 142 g/mol. The normalized spacial score (nSPS) is 29.1. The minimum absolute atomic E-state index is 0.538. The molecule has 1 heterocycles. The number of ether oxygens (including phenoxy) is 1. The van der Waals surface area contributed by atoms with E-state index in [1.807, 2.05) is 0 Å². The van der Waals surface area contributed by atoms with Gasteiger partial charge in [-0.2, -0.15) is 0 Å². The quantitative estimate of drug-likeness (QED) is 0.516. The Morgan fingerprint density at radius 3 is 3.10 bits per heavy atom. The van der Waals surface area contributed by atoms with Gasteiger partial charge in [-0.1, -0.05) is 13.3 Å². The molecule has 2 nitrogen and oxygen atoms in total. The Balaban J connectivity index is 2.18. The number of hydrogen-bond acceptors (Lipinski definition) is 2. The fraction of sp³-hybridized carbons (Fsp3) is 1.00. The summed E-state index contributed by atoms with van der Waals surface area (Å²) in [7, 11) is 1.20. The maximum atomic E-state index is 5.57. The zero-order valence-electron chi connectivity index (χ0n) is 6.97. The zero-order valence-corrected chi connectivity index (χ0v) is 8.97. The molecule has 1 rings (SSSR count). The summed E-state index contributed by atoms with van der Waals surface area (Å²) in [6, 6.07) is 0. The van der Waals surface area contributed by atoms with Crippen molar-refractivity contribution < 1.29 is 4.74 Å². The van der Waals surface area contributed by atoms with Gasteiger partial charge in [-0.3, -0.25) is 0 Å². The van der Waals surface area contributed by atoms with Crippen LogP contribution in [0.3, 0.4) is 0 Å². The fourth-order valence-electron chi connectivity index (χ4n) is 1.36. The Morgan fingerprint density at radius 2 is 2.50 bits per heavy atom. The molecule has 0 aliphatic carbocycles. The third kappa shape index (κ3) is 2.40. The van der Waals surface area contributed by atoms with Crippen molar-refractivity contribution in [1.82, 2.24) is 4.57 Å². The Bertz CT molecular complexity index is 97.6. The van der Waals surface area contributed by atoms with Crippen molar-refractivity contribution in [3.05, 3.63) is 0 Å². The molecule has 1 aliphatic rings. The molecule has 1 unspecified atom stereocenters. The summed E-state index contributed by atoms with van der Waals surface area (Å²) in [5.41, 5.74) is 0. The van der Waals surface area contributed by atoms with Gasteiger partial charge >= 0.3 is 0 Å². The molecule has 10 heavy (non-hydrogen) atoms. The smallest absolute Gasteiger partial charge is 0.0787 e. The van der Waals surface area contributed by atoms with Crippen LogP contribution in [0.15, 0.2) is 0 Å². The monoisotopic (exact) mass is 159 g/mol. The van der Waals surface area contributed by atoms with Gasteiger partial charge in [-0.15, -0.1) is 0 Å². The maximum absolute atomic E-state index is 5.57. The van der Waals surface area contributed by atoms with Crippen molar-refractivity contribution in [3.63, 3.8) is 0 Å². The second-order valence-electron chi connectivity index (χ2n) is 3.04. The first kappa shape index (κ1) is 8.24. The van der Waals surface area contributed by atoms with Crippen LogP contribution in [0.5, 0.6) is 0 Å². The first-order valence-electron chi connectivity index (χ1n) is 4.13. The first-order valence-corrected chi connectivity index (χ1v) is 5.02. The van der Waals surface area contributed by atoms with Crippen LogP contribution in [0.1, 0.15) is 19.8 Å². The first-order chi connectivity index (χ1) is 4.83. The number of morpholine rings is 1. The molecule has 0 aromatic carbocycles. The lowest BCUT2D eigenvalue weighted by Gasteiger charge is -2.30. The van der Waals surface area contributed by atoms with Crippen molar-refractivity contribution in [1.29, 1.82) is 0 Å². The van der Waals surface area contributed by atoms with Crippen molar-refractivity contribution in [2.75, 3.05) is 19.7 Å². The van der Waals surface area contributed by atoms with Gasteiger partial charge < -0.3 is 9.30 Å². The molecule has 3 heteroatoms. The van der Waals surface area contributed by atoms with E-state index in [-0.39, 0.29) is 0 Å². The predicted molar refractivity (Wildman–Crippen MR) is 46.2 cm³/mol. The Hall–Kier alpha value is 0.137. The molecule has 0 amide bonds. The molecule has 0 N–H and O–H groups in total. The third-order valence-electron chi connectivity index (χ3n) is 1.95. The van der Waals surface area contributed by atoms with E-state index in [1.165, 1.54) is 29.8 Å². The minimum Gasteiger partial charge on any atom is -0.376 e. The molecule has 0 bridgehead atoms. The van der Waals surface area contributed by atoms with Crippen LogP contribution in [0.2, 0.25) is 0 Å². The summed E-state index contributed by atoms with van der Waals surface area (Å²) >= 11 is 0. The molecule has 0 saturated carbocycles. The van der Waals surface area contributed by atoms with Crippen LogP contribution >= 0.6 is 0 Å². The average molecular weight is 159 g/mol. The average Bonchev–Trinajstić information content (AvgIpc) is 1.88. The maximum Gasteiger partial charge on any atom is 0.0787 e. The fourth-order valence-corrected chi connectivity index (χ4v) is 1.95. The second-order valence-corrected chi connectivity index (χ2v) is 4.31. The van der Waals surface area contributed by atoms with E-state index in [1.54, 1.807) is 0 Å². The van der Waals surface area contributed by atoms with Gasteiger partial charge in [-0.05, 0) is 6.42 Å². The molecule has 1 saturated heterocycles. The Labute approximate surface area is 66.0 Å². The van der Waals surface area contributed by atoms with Crippen molar-refractivity contribution in [3.8, 4) is 0 Å². The van der Waals surface area contributed by atoms with Gasteiger partial charge in [-0.25, -0.2) is 0 Å². The van der Waals surface area contributed by atoms with E-state index in [2.05, 4.69) is 11.5 Å². The topological polar surface area (TPSA) is 12.5 Å². The van der Waals surface area contributed by atoms with Crippen LogP contribution in [-0.2, 0) is 4.74 Å². The molecule has 0 aromatic rings. The number of rotatable bonds is 2. The summed E-state index contributed by atoms with van der Waals surface area (Å²) in [4.78, 5) is 0. The molecule has 1 fully saturated rings. The van der Waals surface area contributed by atoms with Crippen LogP contribution in [0, 0.1) is 0 Å². The molecule has 1 atom stereocenters. The van der Waals surface area contributed by atoms with Crippen LogP contribution in [0.4, 0.5) is 0 Å². The summed E-state index contributed by atoms with van der Waals surface area (Å²) in [6.45, 7) is 5.51. The second kappa shape index (κ2) is 4.11. The van der Waals surface area contributed by atoms with Gasteiger partial charge in [0.1, 0.15) is 0 Å². The Morgan fingerprint density at radius 1 is 1.70 bits per heavy atom. The summed E-state index contributed by atoms with van der Waals surface area (Å²) < 4.78 is 8.05. The van der Waals surface area contributed by atoms with E-state index in [4.69, 9.17) is 4.74 Å². The lowest BCUT2D eigenvalue weighted by molar-refractivity contribution is -0.00547. The van der Waals surface area contributed by atoms with E-state index in [0.717, 1.165) is 13.2 Å². The van der Waals surface area contributed by atoms with E-state index < -0.39 is 0 Å². The van der Waals surface area contributed by atoms with Crippen LogP contribution in [-0.4, -0.2) is 40.8 Å². The SMILES string of the molecule is CCCC1CN([SiH3])CCO1. The van der Waals surface area contributed by atoms with Crippen molar-refractivity contribution >= 4 is 10.4 Å². The summed E-state index contributed by atoms with van der Waals surface area (Å²) in [5.74, 6) is 0. The summed E-state index contributed by atoms with van der Waals surface area (Å²) in [5, 5.41) is 0. The minimum atomic E-state index is 0.538. The van der Waals surface area contributed by atoms with Gasteiger partial charge in [0.05, 0.1) is 23.1 Å². The largest absolute Gasteiger partial charge is 0.376 e. The Kier molecular flexibility index (Phi) is 3.38. The lowest BCUT2D eigenvalue weighted by atomic mass is 10.2. The molecule has 0 radical (unpaired) electrons. The highest BCUT2D eigenvalue weighted by molar-refractivity contribution is 6.04. The van der Waals surface area contributed by atoms with Crippen molar-refractivity contribution in [2.45, 2.75) is 25.9 Å². The highest BCUT2D eigenvalue weighted by Gasteiger charge is 2.15. The number of nitrogens with zero attached hydrogens (tertiary/aromatic N) is 1.